The van der Waals surface area contributed by atoms with E-state index in [0.717, 1.165) is 58.4 Å². The van der Waals surface area contributed by atoms with Gasteiger partial charge in [-0.25, -0.2) is 0 Å². The number of carbonyl (C=O) groups excluding carboxylic acids is 1. The second-order valence-corrected chi connectivity index (χ2v) is 7.20. The van der Waals surface area contributed by atoms with Gasteiger partial charge in [-0.05, 0) is 18.1 Å². The molecule has 0 spiro atoms. The molecule has 3 rings (SSSR count). The Morgan fingerprint density at radius 3 is 2.46 bits per heavy atom. The molecule has 2 aliphatic heterocycles. The molecule has 0 saturated carbocycles. The zero-order chi connectivity index (χ0) is 19.1. The highest BCUT2D eigenvalue weighted by atomic mass is 127. The monoisotopic (exact) mass is 505 g/mol. The predicted molar refractivity (Wildman–Crippen MR) is 119 cm³/mol. The lowest BCUT2D eigenvalue weighted by atomic mass is 10.1. The fraction of sp³-hybridized carbons (Fsp3) is 0.684. The Hall–Kier alpha value is -1.33. The number of piperazine rings is 1. The number of halogens is 1. The van der Waals surface area contributed by atoms with Crippen molar-refractivity contribution in [1.29, 1.82) is 0 Å². The Balaban J connectivity index is 0.00000280. The molecule has 8 nitrogen and oxygen atoms in total. The molecule has 28 heavy (non-hydrogen) atoms. The van der Waals surface area contributed by atoms with E-state index in [2.05, 4.69) is 27.0 Å². The average Bonchev–Trinajstić information content (AvgIpc) is 3.24. The van der Waals surface area contributed by atoms with E-state index in [4.69, 9.17) is 9.15 Å². The minimum Gasteiger partial charge on any atom is -0.459 e. The van der Waals surface area contributed by atoms with Gasteiger partial charge >= 0.3 is 0 Å². The largest absolute Gasteiger partial charge is 0.459 e. The van der Waals surface area contributed by atoms with E-state index in [1.807, 2.05) is 11.9 Å². The molecule has 1 aromatic heterocycles. The van der Waals surface area contributed by atoms with Crippen LogP contribution in [0.2, 0.25) is 0 Å². The van der Waals surface area contributed by atoms with Gasteiger partial charge in [0, 0.05) is 59.4 Å². The van der Waals surface area contributed by atoms with Crippen LogP contribution in [-0.4, -0.2) is 99.2 Å². The van der Waals surface area contributed by atoms with Gasteiger partial charge in [0.05, 0.1) is 19.5 Å². The minimum atomic E-state index is -0.0401. The Labute approximate surface area is 184 Å². The van der Waals surface area contributed by atoms with Crippen LogP contribution >= 0.6 is 24.0 Å². The van der Waals surface area contributed by atoms with Gasteiger partial charge in [0.2, 0.25) is 0 Å². The van der Waals surface area contributed by atoms with Crippen LogP contribution in [0.4, 0.5) is 0 Å². The number of morpholine rings is 1. The van der Waals surface area contributed by atoms with Crippen molar-refractivity contribution in [3.8, 4) is 0 Å². The normalized spacial score (nSPS) is 19.9. The number of guanidine groups is 1. The van der Waals surface area contributed by atoms with Crippen molar-refractivity contribution >= 4 is 35.8 Å². The molecule has 0 radical (unpaired) electrons. The van der Waals surface area contributed by atoms with Gasteiger partial charge in [-0.3, -0.25) is 14.7 Å². The highest BCUT2D eigenvalue weighted by molar-refractivity contribution is 14.0. The van der Waals surface area contributed by atoms with Gasteiger partial charge < -0.3 is 24.3 Å². The molecule has 0 bridgehead atoms. The van der Waals surface area contributed by atoms with Gasteiger partial charge in [0.1, 0.15) is 0 Å². The maximum Gasteiger partial charge on any atom is 0.289 e. The summed E-state index contributed by atoms with van der Waals surface area (Å²) in [6, 6.07) is 3.46. The zero-order valence-corrected chi connectivity index (χ0v) is 19.1. The Bertz CT molecular complexity index is 611. The quantitative estimate of drug-likeness (QED) is 0.369. The zero-order valence-electron chi connectivity index (χ0n) is 16.8. The summed E-state index contributed by atoms with van der Waals surface area (Å²) in [6.45, 7) is 10.8. The summed E-state index contributed by atoms with van der Waals surface area (Å²) in [5.41, 5.74) is 0. The van der Waals surface area contributed by atoms with E-state index in [1.165, 1.54) is 6.26 Å². The van der Waals surface area contributed by atoms with Gasteiger partial charge in [0.15, 0.2) is 11.7 Å². The molecular weight excluding hydrogens is 473 g/mol. The van der Waals surface area contributed by atoms with E-state index in [1.54, 1.807) is 12.1 Å². The second kappa shape index (κ2) is 11.6. The van der Waals surface area contributed by atoms with Gasteiger partial charge in [-0.2, -0.15) is 0 Å². The van der Waals surface area contributed by atoms with Crippen LogP contribution in [0.5, 0.6) is 0 Å². The number of nitrogens with zero attached hydrogens (tertiary/aromatic N) is 4. The number of rotatable bonds is 5. The van der Waals surface area contributed by atoms with E-state index in [9.17, 15) is 4.79 Å². The van der Waals surface area contributed by atoms with Crippen LogP contribution in [0.3, 0.4) is 0 Å². The fourth-order valence-electron chi connectivity index (χ4n) is 3.56. The third-order valence-electron chi connectivity index (χ3n) is 5.09. The summed E-state index contributed by atoms with van der Waals surface area (Å²) < 4.78 is 10.6. The third kappa shape index (κ3) is 6.35. The van der Waals surface area contributed by atoms with E-state index < -0.39 is 0 Å². The number of amides is 1. The number of ether oxygens (including phenoxy) is 1. The minimum absolute atomic E-state index is 0. The SMILES string of the molecule is CN=C(NCC(C)CN1CCOCC1)N1CCN(C(=O)c2ccco2)CC1.I. The van der Waals surface area contributed by atoms with E-state index in [0.29, 0.717) is 24.8 Å². The first-order valence-corrected chi connectivity index (χ1v) is 9.76. The first-order valence-electron chi connectivity index (χ1n) is 9.76. The van der Waals surface area contributed by atoms with Crippen LogP contribution < -0.4 is 5.32 Å². The summed E-state index contributed by atoms with van der Waals surface area (Å²) in [5.74, 6) is 1.81. The Morgan fingerprint density at radius 2 is 1.86 bits per heavy atom. The van der Waals surface area contributed by atoms with Gasteiger partial charge in [-0.15, -0.1) is 24.0 Å². The highest BCUT2D eigenvalue weighted by Crippen LogP contribution is 2.10. The first-order chi connectivity index (χ1) is 13.2. The van der Waals surface area contributed by atoms with Crippen LogP contribution in [0, 0.1) is 5.92 Å². The van der Waals surface area contributed by atoms with Crippen molar-refractivity contribution in [2.75, 3.05) is 72.6 Å². The molecule has 9 heteroatoms. The van der Waals surface area contributed by atoms with Crippen molar-refractivity contribution in [1.82, 2.24) is 20.0 Å². The second-order valence-electron chi connectivity index (χ2n) is 7.20. The van der Waals surface area contributed by atoms with E-state index >= 15 is 0 Å². The molecule has 158 valence electrons. The predicted octanol–water partition coefficient (Wildman–Crippen LogP) is 1.20. The number of hydrogen-bond donors (Lipinski definition) is 1. The molecule has 2 saturated heterocycles. The van der Waals surface area contributed by atoms with Crippen LogP contribution in [0.15, 0.2) is 27.8 Å². The molecule has 2 aliphatic rings. The maximum atomic E-state index is 12.4. The summed E-state index contributed by atoms with van der Waals surface area (Å²) in [7, 11) is 1.81. The number of furan rings is 1. The molecule has 1 aromatic rings. The summed E-state index contributed by atoms with van der Waals surface area (Å²) >= 11 is 0. The van der Waals surface area contributed by atoms with Crippen LogP contribution in [0.25, 0.3) is 0 Å². The van der Waals surface area contributed by atoms with Gasteiger partial charge in [-0.1, -0.05) is 6.92 Å². The van der Waals surface area contributed by atoms with Gasteiger partial charge in [0.25, 0.3) is 5.91 Å². The van der Waals surface area contributed by atoms with Crippen molar-refractivity contribution in [3.63, 3.8) is 0 Å². The maximum absolute atomic E-state index is 12.4. The summed E-state index contributed by atoms with van der Waals surface area (Å²) in [5, 5.41) is 3.50. The lowest BCUT2D eigenvalue weighted by Crippen LogP contribution is -2.54. The molecule has 3 heterocycles. The third-order valence-corrected chi connectivity index (χ3v) is 5.09. The molecule has 1 N–H and O–H groups in total. The number of nitrogens with one attached hydrogen (secondary N) is 1. The molecule has 1 amide bonds. The molecule has 0 aromatic carbocycles. The Morgan fingerprint density at radius 1 is 1.18 bits per heavy atom. The Kier molecular flexibility index (Phi) is 9.52. The van der Waals surface area contributed by atoms with Crippen molar-refractivity contribution in [2.24, 2.45) is 10.9 Å². The number of carbonyl (C=O) groups is 1. The van der Waals surface area contributed by atoms with E-state index in [-0.39, 0.29) is 29.9 Å². The average molecular weight is 505 g/mol. The molecular formula is C19H32IN5O3. The highest BCUT2D eigenvalue weighted by Gasteiger charge is 2.25. The number of aliphatic imine (C=N–C) groups is 1. The lowest BCUT2D eigenvalue weighted by Gasteiger charge is -2.36. The summed E-state index contributed by atoms with van der Waals surface area (Å²) in [4.78, 5) is 23.3. The topological polar surface area (TPSA) is 73.6 Å². The molecule has 1 atom stereocenters. The first kappa shape index (κ1) is 23.0. The van der Waals surface area contributed by atoms with Crippen LogP contribution in [-0.2, 0) is 4.74 Å². The standard InChI is InChI=1S/C19H31N5O3.HI/c1-16(15-22-9-12-26-13-10-22)14-21-19(20-2)24-7-5-23(6-8-24)18(25)17-4-3-11-27-17;/h3-4,11,16H,5-10,12-15H2,1-2H3,(H,20,21);1H. The van der Waals surface area contributed by atoms with Crippen molar-refractivity contribution in [2.45, 2.75) is 6.92 Å². The molecule has 0 aliphatic carbocycles. The lowest BCUT2D eigenvalue weighted by molar-refractivity contribution is 0.0320. The summed E-state index contributed by atoms with van der Waals surface area (Å²) in [6.07, 6.45) is 1.54. The smallest absolute Gasteiger partial charge is 0.289 e. The fourth-order valence-corrected chi connectivity index (χ4v) is 3.56. The number of hydrogen-bond acceptors (Lipinski definition) is 5. The van der Waals surface area contributed by atoms with Crippen molar-refractivity contribution < 1.29 is 13.9 Å². The van der Waals surface area contributed by atoms with Crippen LogP contribution in [0.1, 0.15) is 17.5 Å². The molecule has 1 unspecified atom stereocenters. The molecule has 2 fully saturated rings. The van der Waals surface area contributed by atoms with Crippen molar-refractivity contribution in [3.05, 3.63) is 24.2 Å².